The number of nitrogens with zero attached hydrogens (tertiary/aromatic N) is 9. The largest absolute Gasteiger partial charge is 0.478 e. The summed E-state index contributed by atoms with van der Waals surface area (Å²) in [4.78, 5) is 97.8. The van der Waals surface area contributed by atoms with E-state index in [4.69, 9.17) is 5.11 Å². The van der Waals surface area contributed by atoms with Crippen LogP contribution >= 0.6 is 0 Å². The summed E-state index contributed by atoms with van der Waals surface area (Å²) in [7, 11) is 1.93. The number of carbonyl (C=O) groups is 6. The molecule has 20 heteroatoms. The van der Waals surface area contributed by atoms with Gasteiger partial charge in [0.1, 0.15) is 0 Å². The number of rotatable bonds is 9. The van der Waals surface area contributed by atoms with Crippen LogP contribution in [-0.2, 0) is 39.5 Å². The molecule has 0 bridgehead atoms. The first-order valence-electron chi connectivity index (χ1n) is 25.2. The minimum atomic E-state index is -0.981. The predicted molar refractivity (Wildman–Crippen MR) is 286 cm³/mol. The summed E-state index contributed by atoms with van der Waals surface area (Å²) in [5.74, 6) is -0.281. The fourth-order valence-corrected chi connectivity index (χ4v) is 9.84. The number of aromatic nitrogens is 10. The van der Waals surface area contributed by atoms with Gasteiger partial charge in [-0.25, -0.2) is 29.7 Å². The number of aromatic carboxylic acids is 1. The van der Waals surface area contributed by atoms with Crippen LogP contribution in [-0.4, -0.2) is 108 Å². The highest BCUT2D eigenvalue weighted by molar-refractivity contribution is 6.03. The maximum absolute atomic E-state index is 13.0. The van der Waals surface area contributed by atoms with Crippen LogP contribution in [0.25, 0.3) is 55.6 Å². The van der Waals surface area contributed by atoms with Crippen LogP contribution in [0.3, 0.4) is 0 Å². The molecule has 0 fully saturated rings. The second-order valence-electron chi connectivity index (χ2n) is 19.0. The topological polar surface area (TPSA) is 259 Å². The maximum Gasteiger partial charge on any atom is 0.335 e. The van der Waals surface area contributed by atoms with Gasteiger partial charge in [-0.2, -0.15) is 0 Å². The monoisotopic (exact) mass is 1030 g/mol. The first-order chi connectivity index (χ1) is 37.4. The maximum atomic E-state index is 13.0. The van der Waals surface area contributed by atoms with Crippen LogP contribution in [0.1, 0.15) is 93.3 Å². The van der Waals surface area contributed by atoms with Gasteiger partial charge in [-0.05, 0) is 103 Å². The summed E-state index contributed by atoms with van der Waals surface area (Å²) >= 11 is 0. The van der Waals surface area contributed by atoms with E-state index >= 15 is 0 Å². The molecule has 8 heterocycles. The zero-order valence-corrected chi connectivity index (χ0v) is 41.8. The van der Waals surface area contributed by atoms with E-state index in [2.05, 4.69) is 45.9 Å². The number of imidazole rings is 5. The molecule has 3 aliphatic heterocycles. The molecule has 3 amide bonds. The SMILES string of the molecule is Cn1cnc(-c2cccc(CC(=O)c3ccc4nc5n(c4c3)CCCNC5=O)c2)c1.O=C(Cc1cccc(-c2cnc[nH]2)c1)c1ccc2nc3n(c2c1)CCCNC3=O.O=C(O)c1ccc2nc3n(c2c1)CCCNC3=O. The van der Waals surface area contributed by atoms with Crippen LogP contribution < -0.4 is 16.0 Å². The molecule has 0 saturated heterocycles. The fourth-order valence-electron chi connectivity index (χ4n) is 9.84. The van der Waals surface area contributed by atoms with Crippen molar-refractivity contribution < 1.29 is 33.9 Å². The zero-order valence-electron chi connectivity index (χ0n) is 41.8. The van der Waals surface area contributed by atoms with Crippen molar-refractivity contribution in [1.29, 1.82) is 0 Å². The molecule has 0 atom stereocenters. The summed E-state index contributed by atoms with van der Waals surface area (Å²) in [6, 6.07) is 31.4. The van der Waals surface area contributed by atoms with E-state index in [-0.39, 0.29) is 34.9 Å². The van der Waals surface area contributed by atoms with E-state index in [1.807, 2.05) is 99.7 Å². The van der Waals surface area contributed by atoms with Gasteiger partial charge < -0.3 is 44.3 Å². The average molecular weight is 1030 g/mol. The van der Waals surface area contributed by atoms with Gasteiger partial charge >= 0.3 is 5.97 Å². The smallest absolute Gasteiger partial charge is 0.335 e. The Kier molecular flexibility index (Phi) is 13.6. The molecule has 13 rings (SSSR count). The number of fused-ring (bicyclic) bond motifs is 9. The van der Waals surface area contributed by atoms with Crippen molar-refractivity contribution in [3.63, 3.8) is 0 Å². The standard InChI is InChI=1S/C23H21N5O2.C22H19N5O2.C12H11N3O3/c1-27-13-19(25-14-27)16-5-2-4-15(10-16)11-21(29)17-6-7-18-20(12-17)28-9-3-8-24-23(30)22(28)26-18;28-20(10-14-3-1-4-15(9-14)18-12-23-13-25-18)16-5-6-17-19(11-16)27-8-2-7-24-22(29)21(27)26-17;16-11-10-14-8-3-2-7(12(17)18)6-9(8)15(10)5-1-4-13-11/h2,4-7,10,12-14H,3,8-9,11H2,1H3,(H,24,30);1,3-6,9,11-13H,2,7-8,10H2,(H,23,25)(H,24,29);2-3,6H,1,4-5H2,(H,13,16)(H,17,18). The van der Waals surface area contributed by atoms with Crippen molar-refractivity contribution in [2.24, 2.45) is 7.05 Å². The quantitative estimate of drug-likeness (QED) is 0.0931. The lowest BCUT2D eigenvalue weighted by Crippen LogP contribution is -2.23. The molecule has 0 aliphatic carbocycles. The van der Waals surface area contributed by atoms with Gasteiger partial charge in [0.15, 0.2) is 29.0 Å². The summed E-state index contributed by atoms with van der Waals surface area (Å²) < 4.78 is 7.50. The lowest BCUT2D eigenvalue weighted by atomic mass is 10.0. The highest BCUT2D eigenvalue weighted by atomic mass is 16.4. The third kappa shape index (κ3) is 10.4. The first-order valence-corrected chi connectivity index (χ1v) is 25.2. The van der Waals surface area contributed by atoms with E-state index in [0.29, 0.717) is 91.7 Å². The van der Waals surface area contributed by atoms with Gasteiger partial charge in [-0.15, -0.1) is 0 Å². The summed E-state index contributed by atoms with van der Waals surface area (Å²) in [5.41, 5.74) is 11.6. The van der Waals surface area contributed by atoms with Gasteiger partial charge in [0.05, 0.1) is 68.9 Å². The number of ketones is 2. The van der Waals surface area contributed by atoms with Crippen LogP contribution in [0.15, 0.2) is 128 Å². The number of carboxylic acids is 1. The Morgan fingerprint density at radius 3 is 1.47 bits per heavy atom. The number of Topliss-reactive ketones (excluding diaryl/α,β-unsaturated/α-hetero) is 2. The molecule has 0 unspecified atom stereocenters. The van der Waals surface area contributed by atoms with E-state index < -0.39 is 5.97 Å². The number of hydrogen-bond acceptors (Lipinski definition) is 11. The highest BCUT2D eigenvalue weighted by Crippen LogP contribution is 2.26. The molecule has 5 N–H and O–H groups in total. The number of aryl methyl sites for hydroxylation is 4. The molecular weight excluding hydrogens is 979 g/mol. The van der Waals surface area contributed by atoms with E-state index in [1.54, 1.807) is 47.7 Å². The van der Waals surface area contributed by atoms with Gasteiger partial charge in [0.25, 0.3) is 17.7 Å². The van der Waals surface area contributed by atoms with Crippen molar-refractivity contribution in [2.75, 3.05) is 19.6 Å². The number of benzene rings is 5. The molecule has 3 aliphatic rings. The Balaban J connectivity index is 0.000000127. The van der Waals surface area contributed by atoms with Crippen molar-refractivity contribution in [3.05, 3.63) is 173 Å². The molecular formula is C57H51N13O7. The second kappa shape index (κ2) is 21.2. The summed E-state index contributed by atoms with van der Waals surface area (Å²) in [6.07, 6.45) is 10.2. The Labute approximate surface area is 439 Å². The van der Waals surface area contributed by atoms with Gasteiger partial charge in [-0.3, -0.25) is 24.0 Å². The number of aromatic amines is 1. The molecule has 20 nitrogen and oxygen atoms in total. The molecule has 5 aromatic carbocycles. The predicted octanol–water partition coefficient (Wildman–Crippen LogP) is 6.85. The first kappa shape index (κ1) is 49.4. The van der Waals surface area contributed by atoms with E-state index in [9.17, 15) is 28.8 Å². The van der Waals surface area contributed by atoms with Gasteiger partial charge in [-0.1, -0.05) is 36.4 Å². The van der Waals surface area contributed by atoms with Gasteiger partial charge in [0.2, 0.25) is 0 Å². The Bertz CT molecular complexity index is 3960. The second-order valence-corrected chi connectivity index (χ2v) is 19.0. The minimum absolute atomic E-state index is 0.0299. The summed E-state index contributed by atoms with van der Waals surface area (Å²) in [5, 5.41) is 17.5. The van der Waals surface area contributed by atoms with Crippen molar-refractivity contribution in [2.45, 2.75) is 51.7 Å². The molecule has 0 spiro atoms. The Morgan fingerprint density at radius 2 is 1.03 bits per heavy atom. The van der Waals surface area contributed by atoms with Crippen molar-refractivity contribution in [1.82, 2.24) is 64.1 Å². The minimum Gasteiger partial charge on any atom is -0.478 e. The normalized spacial score (nSPS) is 14.0. The van der Waals surface area contributed by atoms with Gasteiger partial charge in [0, 0.05) is 82.0 Å². The van der Waals surface area contributed by atoms with Crippen LogP contribution in [0.5, 0.6) is 0 Å². The molecule has 0 radical (unpaired) electrons. The molecule has 10 aromatic rings. The van der Waals surface area contributed by atoms with Crippen LogP contribution in [0.4, 0.5) is 0 Å². The number of H-pyrrole nitrogens is 1. The molecule has 386 valence electrons. The molecule has 0 saturated carbocycles. The molecule has 77 heavy (non-hydrogen) atoms. The van der Waals surface area contributed by atoms with Crippen molar-refractivity contribution in [3.8, 4) is 22.5 Å². The van der Waals surface area contributed by atoms with Crippen LogP contribution in [0.2, 0.25) is 0 Å². The average Bonchev–Trinajstić information content (AvgIpc) is 4.37. The number of hydrogen-bond donors (Lipinski definition) is 5. The Morgan fingerprint density at radius 1 is 0.571 bits per heavy atom. The fraction of sp³-hybridized carbons (Fsp3) is 0.211. The lowest BCUT2D eigenvalue weighted by Gasteiger charge is -2.06. The van der Waals surface area contributed by atoms with Crippen molar-refractivity contribution >= 4 is 68.4 Å². The third-order valence-corrected chi connectivity index (χ3v) is 13.7. The Hall–Kier alpha value is -9.85. The number of amides is 3. The highest BCUT2D eigenvalue weighted by Gasteiger charge is 2.24. The third-order valence-electron chi connectivity index (χ3n) is 13.7. The number of nitrogens with one attached hydrogen (secondary N) is 4. The number of carboxylic acid groups (broad SMARTS) is 1. The number of carbonyl (C=O) groups excluding carboxylic acids is 5. The van der Waals surface area contributed by atoms with E-state index in [0.717, 1.165) is 75.0 Å². The summed E-state index contributed by atoms with van der Waals surface area (Å²) in [6.45, 7) is 3.95. The van der Waals surface area contributed by atoms with E-state index in [1.165, 1.54) is 6.07 Å². The lowest BCUT2D eigenvalue weighted by molar-refractivity contribution is 0.0695. The van der Waals surface area contributed by atoms with Crippen LogP contribution in [0, 0.1) is 0 Å². The zero-order chi connectivity index (χ0) is 53.2. The molecule has 5 aromatic heterocycles.